The van der Waals surface area contributed by atoms with Gasteiger partial charge in [-0.3, -0.25) is 14.5 Å². The second-order valence-electron chi connectivity index (χ2n) is 6.62. The number of para-hydroxylation sites is 1. The predicted molar refractivity (Wildman–Crippen MR) is 116 cm³/mol. The fourth-order valence-electron chi connectivity index (χ4n) is 3.67. The van der Waals surface area contributed by atoms with Gasteiger partial charge in [0.1, 0.15) is 5.58 Å². The Morgan fingerprint density at radius 1 is 1.27 bits per heavy atom. The van der Waals surface area contributed by atoms with Gasteiger partial charge in [-0.15, -0.1) is 11.3 Å². The van der Waals surface area contributed by atoms with E-state index < -0.39 is 11.9 Å². The number of amides is 1. The van der Waals surface area contributed by atoms with Crippen molar-refractivity contribution in [1.82, 2.24) is 4.98 Å². The van der Waals surface area contributed by atoms with Gasteiger partial charge in [0.05, 0.1) is 28.6 Å². The van der Waals surface area contributed by atoms with Gasteiger partial charge in [-0.2, -0.15) is 0 Å². The monoisotopic (exact) mass is 484 g/mol. The number of hydrogen-bond donors (Lipinski definition) is 1. The fraction of sp³-hybridized carbons (Fsp3) is 0.0952. The molecule has 1 N–H and O–H groups in total. The van der Waals surface area contributed by atoms with Crippen LogP contribution in [0.4, 0.5) is 5.13 Å². The average molecular weight is 485 g/mol. The maximum Gasteiger partial charge on any atom is 0.297 e. The number of ether oxygens (including phenoxy) is 1. The lowest BCUT2D eigenvalue weighted by Crippen LogP contribution is -2.29. The molecule has 1 aliphatic heterocycles. The van der Waals surface area contributed by atoms with Crippen molar-refractivity contribution in [1.29, 1.82) is 0 Å². The zero-order chi connectivity index (χ0) is 21.0. The number of aromatic hydroxyl groups is 1. The number of aromatic nitrogens is 1. The van der Waals surface area contributed by atoms with E-state index in [1.165, 1.54) is 23.3 Å². The summed E-state index contributed by atoms with van der Waals surface area (Å²) in [7, 11) is 1.43. The van der Waals surface area contributed by atoms with Crippen molar-refractivity contribution < 1.29 is 19.1 Å². The van der Waals surface area contributed by atoms with Crippen LogP contribution >= 0.6 is 27.3 Å². The second kappa shape index (κ2) is 6.96. The van der Waals surface area contributed by atoms with E-state index in [1.807, 2.05) is 0 Å². The second-order valence-corrected chi connectivity index (χ2v) is 8.34. The third kappa shape index (κ3) is 2.66. The Labute approximate surface area is 182 Å². The molecule has 30 heavy (non-hydrogen) atoms. The average Bonchev–Trinajstić information content (AvgIpc) is 3.37. The fourth-order valence-corrected chi connectivity index (χ4v) is 4.80. The van der Waals surface area contributed by atoms with Crippen LogP contribution in [0.3, 0.4) is 0 Å². The molecule has 0 aliphatic carbocycles. The first-order chi connectivity index (χ1) is 14.5. The summed E-state index contributed by atoms with van der Waals surface area (Å²) in [5, 5.41) is 12.8. The molecule has 3 heterocycles. The van der Waals surface area contributed by atoms with E-state index in [0.29, 0.717) is 26.1 Å². The van der Waals surface area contributed by atoms with Gasteiger partial charge in [-0.05, 0) is 45.8 Å². The van der Waals surface area contributed by atoms with E-state index in [2.05, 4.69) is 20.9 Å². The van der Waals surface area contributed by atoms with E-state index in [1.54, 1.807) is 48.0 Å². The van der Waals surface area contributed by atoms with E-state index in [4.69, 9.17) is 9.15 Å². The Kier molecular flexibility index (Phi) is 4.37. The highest BCUT2D eigenvalue weighted by molar-refractivity contribution is 9.10. The molecule has 5 rings (SSSR count). The van der Waals surface area contributed by atoms with E-state index in [-0.39, 0.29) is 28.3 Å². The minimum atomic E-state index is -0.787. The molecule has 1 aliphatic rings. The normalized spacial score (nSPS) is 15.6. The third-order valence-corrected chi connectivity index (χ3v) is 6.36. The molecular formula is C21H13BrN2O5S. The number of halogens is 1. The van der Waals surface area contributed by atoms with Crippen LogP contribution in [0.2, 0.25) is 0 Å². The summed E-state index contributed by atoms with van der Waals surface area (Å²) in [6.07, 6.45) is 1.59. The molecule has 0 radical (unpaired) electrons. The number of phenols is 1. The lowest BCUT2D eigenvalue weighted by Gasteiger charge is -2.23. The first-order valence-electron chi connectivity index (χ1n) is 8.86. The van der Waals surface area contributed by atoms with E-state index in [9.17, 15) is 14.7 Å². The highest BCUT2D eigenvalue weighted by Gasteiger charge is 2.45. The Morgan fingerprint density at radius 2 is 2.07 bits per heavy atom. The van der Waals surface area contributed by atoms with Gasteiger partial charge in [0.25, 0.3) is 5.91 Å². The third-order valence-electron chi connectivity index (χ3n) is 4.99. The predicted octanol–water partition coefficient (Wildman–Crippen LogP) is 4.48. The van der Waals surface area contributed by atoms with E-state index in [0.717, 1.165) is 0 Å². The molecule has 0 spiro atoms. The largest absolute Gasteiger partial charge is 0.503 e. The molecule has 2 aromatic carbocycles. The Hall–Kier alpha value is -3.17. The van der Waals surface area contributed by atoms with Crippen LogP contribution in [0.5, 0.6) is 11.5 Å². The Balaban J connectivity index is 1.84. The first kappa shape index (κ1) is 18.8. The zero-order valence-electron chi connectivity index (χ0n) is 15.5. The molecule has 1 amide bonds. The van der Waals surface area contributed by atoms with Crippen LogP contribution in [-0.2, 0) is 0 Å². The molecular weight excluding hydrogens is 472 g/mol. The van der Waals surface area contributed by atoms with Crippen LogP contribution in [0.25, 0.3) is 11.0 Å². The summed E-state index contributed by atoms with van der Waals surface area (Å²) >= 11 is 4.60. The Morgan fingerprint density at radius 3 is 2.80 bits per heavy atom. The van der Waals surface area contributed by atoms with Crippen LogP contribution in [0.15, 0.2) is 61.7 Å². The van der Waals surface area contributed by atoms with Crippen molar-refractivity contribution in [3.05, 3.63) is 79.6 Å². The topological polar surface area (TPSA) is 92.9 Å². The number of nitrogens with zero attached hydrogens (tertiary/aromatic N) is 2. The molecule has 4 aromatic rings. The Bertz CT molecular complexity index is 1370. The molecule has 7 nitrogen and oxygen atoms in total. The number of hydrogen-bond acceptors (Lipinski definition) is 7. The molecule has 0 bridgehead atoms. The molecule has 1 unspecified atom stereocenters. The molecule has 9 heteroatoms. The van der Waals surface area contributed by atoms with E-state index >= 15 is 0 Å². The number of methoxy groups -OCH3 is 1. The van der Waals surface area contributed by atoms with Crippen LogP contribution < -0.4 is 15.1 Å². The van der Waals surface area contributed by atoms with Gasteiger partial charge >= 0.3 is 0 Å². The van der Waals surface area contributed by atoms with Crippen molar-refractivity contribution in [2.45, 2.75) is 6.04 Å². The highest BCUT2D eigenvalue weighted by atomic mass is 79.9. The summed E-state index contributed by atoms with van der Waals surface area (Å²) < 4.78 is 11.5. The maximum atomic E-state index is 13.4. The van der Waals surface area contributed by atoms with Gasteiger partial charge < -0.3 is 14.3 Å². The summed E-state index contributed by atoms with van der Waals surface area (Å²) in [4.78, 5) is 32.5. The van der Waals surface area contributed by atoms with Crippen molar-refractivity contribution in [3.63, 3.8) is 0 Å². The molecule has 1 atom stereocenters. The number of phenolic OH excluding ortho intramolecular Hbond substituents is 1. The smallest absolute Gasteiger partial charge is 0.297 e. The number of thiazole rings is 1. The minimum Gasteiger partial charge on any atom is -0.503 e. The van der Waals surface area contributed by atoms with Gasteiger partial charge in [0.2, 0.25) is 5.76 Å². The minimum absolute atomic E-state index is 0.0120. The molecule has 0 saturated carbocycles. The molecule has 2 aromatic heterocycles. The van der Waals surface area contributed by atoms with Gasteiger partial charge in [0.15, 0.2) is 22.1 Å². The quantitative estimate of drug-likeness (QED) is 0.460. The standard InChI is InChI=1S/C21H13BrN2O5S/c1-28-14-9-10(8-12(22)18(14)26)16-15-17(25)11-4-2-3-5-13(11)29-19(15)20(27)24(16)21-23-6-7-30-21/h2-9,16,26H,1H3. The van der Waals surface area contributed by atoms with Crippen LogP contribution in [0, 0.1) is 0 Å². The van der Waals surface area contributed by atoms with Crippen LogP contribution in [-0.4, -0.2) is 23.1 Å². The van der Waals surface area contributed by atoms with Crippen LogP contribution in [0.1, 0.15) is 27.7 Å². The SMILES string of the molecule is COc1cc(C2c3c(oc4ccccc4c3=O)C(=O)N2c2nccs2)cc(Br)c1O. The van der Waals surface area contributed by atoms with Crippen molar-refractivity contribution in [2.24, 2.45) is 0 Å². The van der Waals surface area contributed by atoms with Crippen molar-refractivity contribution in [2.75, 3.05) is 12.0 Å². The number of rotatable bonds is 3. The van der Waals surface area contributed by atoms with Gasteiger partial charge in [-0.1, -0.05) is 12.1 Å². The zero-order valence-corrected chi connectivity index (χ0v) is 17.9. The molecule has 0 fully saturated rings. The first-order valence-corrected chi connectivity index (χ1v) is 10.5. The van der Waals surface area contributed by atoms with Gasteiger partial charge in [-0.25, -0.2) is 4.98 Å². The number of benzene rings is 2. The number of carbonyl (C=O) groups excluding carboxylic acids is 1. The number of carbonyl (C=O) groups is 1. The maximum absolute atomic E-state index is 13.4. The van der Waals surface area contributed by atoms with Crippen molar-refractivity contribution >= 4 is 49.3 Å². The summed E-state index contributed by atoms with van der Waals surface area (Å²) in [5.74, 6) is -0.320. The lowest BCUT2D eigenvalue weighted by molar-refractivity contribution is 0.0971. The van der Waals surface area contributed by atoms with Crippen molar-refractivity contribution in [3.8, 4) is 11.5 Å². The molecule has 0 saturated heterocycles. The highest BCUT2D eigenvalue weighted by Crippen LogP contribution is 2.45. The summed E-state index contributed by atoms with van der Waals surface area (Å²) in [5.41, 5.74) is 0.862. The summed E-state index contributed by atoms with van der Waals surface area (Å²) in [6.45, 7) is 0. The summed E-state index contributed by atoms with van der Waals surface area (Å²) in [6, 6.07) is 9.28. The van der Waals surface area contributed by atoms with Gasteiger partial charge in [0, 0.05) is 11.6 Å². The molecule has 150 valence electrons. The number of fused-ring (bicyclic) bond motifs is 2. The number of anilines is 1. The lowest BCUT2D eigenvalue weighted by atomic mass is 9.98.